The first-order chi connectivity index (χ1) is 9.47. The first-order valence-corrected chi connectivity index (χ1v) is 5.94. The Morgan fingerprint density at radius 3 is 2.60 bits per heavy atom. The highest BCUT2D eigenvalue weighted by Gasteiger charge is 2.10. The van der Waals surface area contributed by atoms with Crippen LogP contribution in [0.3, 0.4) is 0 Å². The average Bonchev–Trinajstić information content (AvgIpc) is 2.40. The molecule has 0 aromatic heterocycles. The Labute approximate surface area is 115 Å². The van der Waals surface area contributed by atoms with Gasteiger partial charge in [-0.2, -0.15) is 0 Å². The van der Waals surface area contributed by atoms with Gasteiger partial charge in [0, 0.05) is 0 Å². The minimum absolute atomic E-state index is 0.0161. The number of carbonyl (C=O) groups is 1. The third-order valence-corrected chi connectivity index (χ3v) is 2.90. The first kappa shape index (κ1) is 14.0. The lowest BCUT2D eigenvalue weighted by atomic mass is 10.1. The Balaban J connectivity index is 2.06. The fourth-order valence-electron chi connectivity index (χ4n) is 1.72. The lowest BCUT2D eigenvalue weighted by Gasteiger charge is -2.08. The summed E-state index contributed by atoms with van der Waals surface area (Å²) in [6.07, 6.45) is 0. The summed E-state index contributed by atoms with van der Waals surface area (Å²) in [6, 6.07) is 7.83. The van der Waals surface area contributed by atoms with Crippen molar-refractivity contribution >= 4 is 11.7 Å². The molecule has 2 aromatic rings. The van der Waals surface area contributed by atoms with Gasteiger partial charge in [-0.3, -0.25) is 0 Å². The van der Waals surface area contributed by atoms with Crippen molar-refractivity contribution < 1.29 is 18.3 Å². The van der Waals surface area contributed by atoms with Gasteiger partial charge in [-0.1, -0.05) is 6.07 Å². The molecule has 0 heterocycles. The van der Waals surface area contributed by atoms with Gasteiger partial charge in [-0.15, -0.1) is 0 Å². The van der Waals surface area contributed by atoms with Crippen LogP contribution in [0.25, 0.3) is 0 Å². The van der Waals surface area contributed by atoms with E-state index in [-0.39, 0.29) is 23.7 Å². The smallest absolute Gasteiger partial charge is 0.338 e. The van der Waals surface area contributed by atoms with Crippen LogP contribution in [-0.2, 0) is 11.3 Å². The van der Waals surface area contributed by atoms with E-state index in [0.29, 0.717) is 11.1 Å². The van der Waals surface area contributed by atoms with Gasteiger partial charge < -0.3 is 10.5 Å². The monoisotopic (exact) mass is 277 g/mol. The van der Waals surface area contributed by atoms with Crippen LogP contribution in [0.2, 0.25) is 0 Å². The molecule has 0 amide bonds. The number of rotatable bonds is 3. The summed E-state index contributed by atoms with van der Waals surface area (Å²) in [5.74, 6) is -1.54. The summed E-state index contributed by atoms with van der Waals surface area (Å²) in [6.45, 7) is 1.74. The predicted octanol–water partition coefficient (Wildman–Crippen LogP) is 3.21. The number of esters is 1. The molecule has 0 bridgehead atoms. The van der Waals surface area contributed by atoms with Crippen LogP contribution in [0.5, 0.6) is 0 Å². The second kappa shape index (κ2) is 5.69. The maximum absolute atomic E-state index is 13.0. The molecule has 0 saturated carbocycles. The van der Waals surface area contributed by atoms with Crippen molar-refractivity contribution in [2.45, 2.75) is 13.5 Å². The van der Waals surface area contributed by atoms with Crippen molar-refractivity contribution in [1.82, 2.24) is 0 Å². The molecule has 104 valence electrons. The van der Waals surface area contributed by atoms with Crippen molar-refractivity contribution in [3.8, 4) is 0 Å². The van der Waals surface area contributed by atoms with E-state index in [1.165, 1.54) is 24.3 Å². The van der Waals surface area contributed by atoms with Crippen LogP contribution in [0, 0.1) is 18.6 Å². The molecule has 0 unspecified atom stereocenters. The number of halogens is 2. The Kier molecular flexibility index (Phi) is 3.98. The normalized spacial score (nSPS) is 10.3. The average molecular weight is 277 g/mol. The number of hydrogen-bond acceptors (Lipinski definition) is 3. The van der Waals surface area contributed by atoms with E-state index in [0.717, 1.165) is 6.07 Å². The van der Waals surface area contributed by atoms with E-state index >= 15 is 0 Å². The third kappa shape index (κ3) is 3.12. The van der Waals surface area contributed by atoms with Crippen LogP contribution < -0.4 is 5.73 Å². The summed E-state index contributed by atoms with van der Waals surface area (Å²) >= 11 is 0. The number of aryl methyl sites for hydroxylation is 1. The minimum atomic E-state index is -0.611. The van der Waals surface area contributed by atoms with Gasteiger partial charge in [0.15, 0.2) is 0 Å². The Hall–Kier alpha value is -2.43. The molecular formula is C15H13F2NO2. The van der Waals surface area contributed by atoms with E-state index in [1.54, 1.807) is 13.0 Å². The zero-order valence-electron chi connectivity index (χ0n) is 10.8. The summed E-state index contributed by atoms with van der Waals surface area (Å²) in [5, 5.41) is 0. The highest BCUT2D eigenvalue weighted by molar-refractivity contribution is 5.90. The molecule has 20 heavy (non-hydrogen) atoms. The van der Waals surface area contributed by atoms with Crippen LogP contribution in [-0.4, -0.2) is 5.97 Å². The second-order valence-corrected chi connectivity index (χ2v) is 4.38. The van der Waals surface area contributed by atoms with Gasteiger partial charge in [-0.05, 0) is 48.4 Å². The maximum atomic E-state index is 13.0. The number of nitrogens with two attached hydrogens (primary N) is 1. The molecule has 5 heteroatoms. The fraction of sp³-hybridized carbons (Fsp3) is 0.133. The molecule has 2 rings (SSSR count). The minimum Gasteiger partial charge on any atom is -0.457 e. The molecule has 0 fully saturated rings. The Morgan fingerprint density at radius 2 is 1.95 bits per heavy atom. The predicted molar refractivity (Wildman–Crippen MR) is 71.1 cm³/mol. The van der Waals surface area contributed by atoms with Gasteiger partial charge in [0.1, 0.15) is 18.2 Å². The Bertz CT molecular complexity index is 656. The molecule has 0 aliphatic carbocycles. The number of carbonyl (C=O) groups excluding carboxylic acids is 1. The molecule has 0 radical (unpaired) electrons. The lowest BCUT2D eigenvalue weighted by Crippen LogP contribution is -2.07. The van der Waals surface area contributed by atoms with E-state index in [1.807, 2.05) is 0 Å². The molecule has 0 spiro atoms. The fourth-order valence-corrected chi connectivity index (χ4v) is 1.72. The number of hydrogen-bond donors (Lipinski definition) is 1. The molecule has 0 aliphatic heterocycles. The van der Waals surface area contributed by atoms with Gasteiger partial charge in [0.2, 0.25) is 0 Å². The molecule has 2 aromatic carbocycles. The van der Waals surface area contributed by atoms with Gasteiger partial charge in [0.05, 0.1) is 11.3 Å². The first-order valence-electron chi connectivity index (χ1n) is 5.94. The number of anilines is 1. The van der Waals surface area contributed by atoms with Gasteiger partial charge >= 0.3 is 5.97 Å². The van der Waals surface area contributed by atoms with E-state index in [9.17, 15) is 13.6 Å². The quantitative estimate of drug-likeness (QED) is 0.692. The van der Waals surface area contributed by atoms with Gasteiger partial charge in [0.25, 0.3) is 0 Å². The SMILES string of the molecule is Cc1cc(F)ccc1COC(=O)c1ccc(F)c(N)c1. The summed E-state index contributed by atoms with van der Waals surface area (Å²) in [5.41, 5.74) is 6.83. The second-order valence-electron chi connectivity index (χ2n) is 4.38. The molecule has 0 aliphatic rings. The van der Waals surface area contributed by atoms with Crippen molar-refractivity contribution in [3.63, 3.8) is 0 Å². The molecule has 0 saturated heterocycles. The number of nitrogen functional groups attached to an aromatic ring is 1. The summed E-state index contributed by atoms with van der Waals surface area (Å²) in [7, 11) is 0. The van der Waals surface area contributed by atoms with Crippen LogP contribution >= 0.6 is 0 Å². The molecule has 0 atom stereocenters. The van der Waals surface area contributed by atoms with Crippen LogP contribution in [0.15, 0.2) is 36.4 Å². The number of benzene rings is 2. The van der Waals surface area contributed by atoms with E-state index in [2.05, 4.69) is 0 Å². The van der Waals surface area contributed by atoms with Crippen molar-refractivity contribution in [3.05, 3.63) is 64.7 Å². The number of ether oxygens (including phenoxy) is 1. The van der Waals surface area contributed by atoms with Crippen molar-refractivity contribution in [2.24, 2.45) is 0 Å². The molecular weight excluding hydrogens is 264 g/mol. The largest absolute Gasteiger partial charge is 0.457 e. The van der Waals surface area contributed by atoms with Crippen LogP contribution in [0.1, 0.15) is 21.5 Å². The maximum Gasteiger partial charge on any atom is 0.338 e. The highest BCUT2D eigenvalue weighted by Crippen LogP contribution is 2.15. The summed E-state index contributed by atoms with van der Waals surface area (Å²) < 4.78 is 31.0. The van der Waals surface area contributed by atoms with Crippen LogP contribution in [0.4, 0.5) is 14.5 Å². The topological polar surface area (TPSA) is 52.3 Å². The standard InChI is InChI=1S/C15H13F2NO2/c1-9-6-12(16)4-2-11(9)8-20-15(19)10-3-5-13(17)14(18)7-10/h2-7H,8,18H2,1H3. The molecule has 3 nitrogen and oxygen atoms in total. The Morgan fingerprint density at radius 1 is 1.20 bits per heavy atom. The lowest BCUT2D eigenvalue weighted by molar-refractivity contribution is 0.0472. The van der Waals surface area contributed by atoms with Gasteiger partial charge in [-0.25, -0.2) is 13.6 Å². The highest BCUT2D eigenvalue weighted by atomic mass is 19.1. The zero-order chi connectivity index (χ0) is 14.7. The van der Waals surface area contributed by atoms with Crippen molar-refractivity contribution in [1.29, 1.82) is 0 Å². The summed E-state index contributed by atoms with van der Waals surface area (Å²) in [4.78, 5) is 11.8. The zero-order valence-corrected chi connectivity index (χ0v) is 10.8. The third-order valence-electron chi connectivity index (χ3n) is 2.90. The van der Waals surface area contributed by atoms with E-state index < -0.39 is 11.8 Å². The molecule has 2 N–H and O–H groups in total. The van der Waals surface area contributed by atoms with E-state index in [4.69, 9.17) is 10.5 Å². The van der Waals surface area contributed by atoms with Crippen molar-refractivity contribution in [2.75, 3.05) is 5.73 Å².